The zero-order valence-corrected chi connectivity index (χ0v) is 9.76. The highest BCUT2D eigenvalue weighted by atomic mass is 16.5. The molecule has 0 aromatic rings. The van der Waals surface area contributed by atoms with Crippen molar-refractivity contribution >= 4 is 0 Å². The van der Waals surface area contributed by atoms with Gasteiger partial charge in [-0.2, -0.15) is 0 Å². The first kappa shape index (κ1) is 12.9. The third kappa shape index (κ3) is 8.26. The number of nitrogens with one attached hydrogen (secondary N) is 1. The molecule has 2 nitrogen and oxygen atoms in total. The molecule has 0 heterocycles. The molecule has 0 aromatic carbocycles. The quantitative estimate of drug-likeness (QED) is 0.618. The van der Waals surface area contributed by atoms with Crippen LogP contribution >= 0.6 is 0 Å². The Balaban J connectivity index is 3.16. The summed E-state index contributed by atoms with van der Waals surface area (Å²) in [5.41, 5.74) is 0. The second kappa shape index (κ2) is 7.34. The maximum atomic E-state index is 5.44. The maximum Gasteiger partial charge on any atom is 0.0518 e. The average Bonchev–Trinajstić information content (AvgIpc) is 2.02. The van der Waals surface area contributed by atoms with Crippen molar-refractivity contribution in [3.63, 3.8) is 0 Å². The fraction of sp³-hybridized carbons (Fsp3) is 1.00. The van der Waals surface area contributed by atoms with E-state index in [9.17, 15) is 0 Å². The van der Waals surface area contributed by atoms with Gasteiger partial charge in [0.05, 0.1) is 6.10 Å². The first-order valence-electron chi connectivity index (χ1n) is 5.39. The van der Waals surface area contributed by atoms with Crippen LogP contribution in [0.15, 0.2) is 0 Å². The molecule has 0 saturated carbocycles. The van der Waals surface area contributed by atoms with Crippen LogP contribution in [0.5, 0.6) is 0 Å². The largest absolute Gasteiger partial charge is 0.379 e. The van der Waals surface area contributed by atoms with E-state index in [-0.39, 0.29) is 0 Å². The molecule has 0 fully saturated rings. The van der Waals surface area contributed by atoms with Gasteiger partial charge in [0.15, 0.2) is 0 Å². The molecule has 0 spiro atoms. The predicted octanol–water partition coefficient (Wildman–Crippen LogP) is 2.44. The van der Waals surface area contributed by atoms with Crippen LogP contribution < -0.4 is 5.32 Å². The summed E-state index contributed by atoms with van der Waals surface area (Å²) in [5, 5.41) is 3.48. The van der Waals surface area contributed by atoms with Crippen LogP contribution in [0.2, 0.25) is 0 Å². The number of rotatable bonds is 7. The van der Waals surface area contributed by atoms with Crippen molar-refractivity contribution in [1.82, 2.24) is 5.32 Å². The summed E-state index contributed by atoms with van der Waals surface area (Å²) in [6.45, 7) is 12.8. The Kier molecular flexibility index (Phi) is 7.29. The lowest BCUT2D eigenvalue weighted by Gasteiger charge is -2.17. The smallest absolute Gasteiger partial charge is 0.0518 e. The Morgan fingerprint density at radius 1 is 1.08 bits per heavy atom. The summed E-state index contributed by atoms with van der Waals surface area (Å²) in [7, 11) is 0. The van der Waals surface area contributed by atoms with Gasteiger partial charge in [-0.25, -0.2) is 0 Å². The summed E-state index contributed by atoms with van der Waals surface area (Å²) in [6, 6.07) is 0.610. The van der Waals surface area contributed by atoms with Crippen LogP contribution in [-0.4, -0.2) is 25.3 Å². The van der Waals surface area contributed by atoms with E-state index in [1.54, 1.807) is 0 Å². The van der Waals surface area contributed by atoms with Gasteiger partial charge in [-0.3, -0.25) is 0 Å². The van der Waals surface area contributed by atoms with Crippen molar-refractivity contribution < 1.29 is 4.74 Å². The summed E-state index contributed by atoms with van der Waals surface area (Å²) in [6.07, 6.45) is 1.47. The summed E-state index contributed by atoms with van der Waals surface area (Å²) >= 11 is 0. The molecule has 0 aromatic heterocycles. The van der Waals surface area contributed by atoms with Crippen LogP contribution in [0, 0.1) is 5.92 Å². The minimum atomic E-state index is 0.363. The van der Waals surface area contributed by atoms with Crippen molar-refractivity contribution in [2.75, 3.05) is 13.2 Å². The third-order valence-corrected chi connectivity index (χ3v) is 2.24. The van der Waals surface area contributed by atoms with Gasteiger partial charge < -0.3 is 10.1 Å². The first-order chi connectivity index (χ1) is 6.04. The van der Waals surface area contributed by atoms with E-state index < -0.39 is 0 Å². The molecule has 0 saturated heterocycles. The van der Waals surface area contributed by atoms with Gasteiger partial charge in [-0.15, -0.1) is 0 Å². The van der Waals surface area contributed by atoms with Crippen LogP contribution in [0.25, 0.3) is 0 Å². The molecular weight excluding hydrogens is 162 g/mol. The average molecular weight is 187 g/mol. The molecule has 1 unspecified atom stereocenters. The fourth-order valence-corrected chi connectivity index (χ4v) is 0.957. The Morgan fingerprint density at radius 3 is 2.15 bits per heavy atom. The van der Waals surface area contributed by atoms with Crippen LogP contribution in [-0.2, 0) is 4.74 Å². The number of hydrogen-bond acceptors (Lipinski definition) is 2. The predicted molar refractivity (Wildman–Crippen MR) is 58.0 cm³/mol. The monoisotopic (exact) mass is 187 g/mol. The zero-order valence-electron chi connectivity index (χ0n) is 9.76. The highest BCUT2D eigenvalue weighted by Crippen LogP contribution is 1.99. The van der Waals surface area contributed by atoms with Gasteiger partial charge in [0.1, 0.15) is 0 Å². The third-order valence-electron chi connectivity index (χ3n) is 2.24. The molecule has 13 heavy (non-hydrogen) atoms. The molecule has 0 aliphatic heterocycles. The molecule has 1 N–H and O–H groups in total. The van der Waals surface area contributed by atoms with E-state index in [0.29, 0.717) is 18.1 Å². The van der Waals surface area contributed by atoms with Gasteiger partial charge in [-0.05, 0) is 39.7 Å². The van der Waals surface area contributed by atoms with E-state index in [1.165, 1.54) is 0 Å². The second-order valence-corrected chi connectivity index (χ2v) is 4.26. The van der Waals surface area contributed by atoms with Gasteiger partial charge in [-0.1, -0.05) is 13.8 Å². The Bertz CT molecular complexity index is 113. The molecule has 0 aliphatic rings. The summed E-state index contributed by atoms with van der Waals surface area (Å²) < 4.78 is 5.44. The topological polar surface area (TPSA) is 21.3 Å². The van der Waals surface area contributed by atoms with Crippen molar-refractivity contribution in [3.8, 4) is 0 Å². The number of hydrogen-bond donors (Lipinski definition) is 1. The molecule has 0 radical (unpaired) electrons. The highest BCUT2D eigenvalue weighted by molar-refractivity contribution is 4.63. The summed E-state index contributed by atoms with van der Waals surface area (Å²) in [5.74, 6) is 0.714. The van der Waals surface area contributed by atoms with Gasteiger partial charge in [0.2, 0.25) is 0 Å². The van der Waals surface area contributed by atoms with Gasteiger partial charge >= 0.3 is 0 Å². The minimum Gasteiger partial charge on any atom is -0.379 e. The molecule has 0 aliphatic carbocycles. The van der Waals surface area contributed by atoms with E-state index in [0.717, 1.165) is 19.6 Å². The van der Waals surface area contributed by atoms with Crippen molar-refractivity contribution in [3.05, 3.63) is 0 Å². The molecular formula is C11H25NO. The van der Waals surface area contributed by atoms with Crippen molar-refractivity contribution in [2.24, 2.45) is 5.92 Å². The van der Waals surface area contributed by atoms with Gasteiger partial charge in [0.25, 0.3) is 0 Å². The SMILES string of the molecule is CC(C)OCCCNC(C)C(C)C. The lowest BCUT2D eigenvalue weighted by molar-refractivity contribution is 0.0765. The van der Waals surface area contributed by atoms with Gasteiger partial charge in [0, 0.05) is 12.6 Å². The highest BCUT2D eigenvalue weighted by Gasteiger charge is 2.04. The molecule has 0 amide bonds. The van der Waals surface area contributed by atoms with Crippen molar-refractivity contribution in [2.45, 2.75) is 53.2 Å². The first-order valence-corrected chi connectivity index (χ1v) is 5.39. The van der Waals surface area contributed by atoms with Crippen LogP contribution in [0.1, 0.15) is 41.0 Å². The normalized spacial score (nSPS) is 14.1. The lowest BCUT2D eigenvalue weighted by Crippen LogP contribution is -2.32. The summed E-state index contributed by atoms with van der Waals surface area (Å²) in [4.78, 5) is 0. The van der Waals surface area contributed by atoms with Crippen LogP contribution in [0.3, 0.4) is 0 Å². The number of ether oxygens (including phenoxy) is 1. The van der Waals surface area contributed by atoms with E-state index in [2.05, 4.69) is 39.9 Å². The standard InChI is InChI=1S/C11H25NO/c1-9(2)11(5)12-7-6-8-13-10(3)4/h9-12H,6-8H2,1-5H3. The molecule has 0 rings (SSSR count). The minimum absolute atomic E-state index is 0.363. The second-order valence-electron chi connectivity index (χ2n) is 4.26. The molecule has 2 heteroatoms. The Morgan fingerprint density at radius 2 is 1.69 bits per heavy atom. The Hall–Kier alpha value is -0.0800. The Labute approximate surface area is 83.1 Å². The lowest BCUT2D eigenvalue weighted by atomic mass is 10.1. The fourth-order valence-electron chi connectivity index (χ4n) is 0.957. The van der Waals surface area contributed by atoms with E-state index >= 15 is 0 Å². The molecule has 1 atom stereocenters. The maximum absolute atomic E-state index is 5.44. The zero-order chi connectivity index (χ0) is 10.3. The molecule has 80 valence electrons. The van der Waals surface area contributed by atoms with Crippen LogP contribution in [0.4, 0.5) is 0 Å². The van der Waals surface area contributed by atoms with E-state index in [4.69, 9.17) is 4.74 Å². The molecule has 0 bridgehead atoms. The van der Waals surface area contributed by atoms with E-state index in [1.807, 2.05) is 0 Å². The van der Waals surface area contributed by atoms with Crippen molar-refractivity contribution in [1.29, 1.82) is 0 Å².